The Kier molecular flexibility index (Phi) is 498. The van der Waals surface area contributed by atoms with E-state index in [4.69, 9.17) is 0 Å². The van der Waals surface area contributed by atoms with Gasteiger partial charge in [-0.25, -0.2) is 0 Å². The van der Waals surface area contributed by atoms with Gasteiger partial charge >= 0.3 is 44.8 Å². The van der Waals surface area contributed by atoms with Gasteiger partial charge in [-0.1, -0.05) is 0 Å². The molecule has 0 aliphatic heterocycles. The normalized spacial score (nSPS) is 0. The summed E-state index contributed by atoms with van der Waals surface area (Å²) in [5.41, 5.74) is 0. The quantitative estimate of drug-likeness (QED) is 0.415. The molecular formula is H2Ag4O2. The topological polar surface area (TPSA) is 60.0 Å². The van der Waals surface area contributed by atoms with Crippen LogP contribution in [-0.4, -0.2) is 5.48 Å². The Hall–Kier alpha value is 2.88. The third kappa shape index (κ3) is 28.7. The standard InChI is InChI=1S/4Ag.H2O.O/h;;;;1H2;/q;;2*+1;;-2. The molecule has 58 valence electrons. The summed E-state index contributed by atoms with van der Waals surface area (Å²) >= 11 is 0. The summed E-state index contributed by atoms with van der Waals surface area (Å²) in [4.78, 5) is 0. The molecule has 0 aliphatic carbocycles. The van der Waals surface area contributed by atoms with Crippen LogP contribution in [0.2, 0.25) is 0 Å². The molecular weight excluding hydrogens is 463 g/mol. The first-order chi connectivity index (χ1) is 0. The van der Waals surface area contributed by atoms with E-state index in [2.05, 4.69) is 0 Å². The molecule has 6 heavy (non-hydrogen) atoms. The first-order valence-corrected chi connectivity index (χ1v) is 0. The second-order valence-electron chi connectivity index (χ2n) is 0. The first kappa shape index (κ1) is 66.5. The molecule has 0 saturated carbocycles. The third-order valence-electron chi connectivity index (χ3n) is 0. The van der Waals surface area contributed by atoms with Gasteiger partial charge in [-0.2, -0.15) is 0 Å². The molecule has 0 amide bonds. The van der Waals surface area contributed by atoms with Crippen LogP contribution < -0.4 is 0 Å². The summed E-state index contributed by atoms with van der Waals surface area (Å²) in [5.74, 6) is 0. The van der Waals surface area contributed by atoms with Gasteiger partial charge in [-0.05, 0) is 0 Å². The molecule has 2 N–H and O–H groups in total. The Bertz CT molecular complexity index is 5.51. The largest absolute Gasteiger partial charge is 2.00 e. The summed E-state index contributed by atoms with van der Waals surface area (Å²) in [6, 6.07) is 0. The van der Waals surface area contributed by atoms with E-state index in [0.29, 0.717) is 0 Å². The smallest absolute Gasteiger partial charge is 1.00 e. The number of hydrogen-bond donors (Lipinski definition) is 0. The zero-order valence-electron chi connectivity index (χ0n) is 2.11. The van der Waals surface area contributed by atoms with E-state index in [0.717, 1.165) is 0 Å². The van der Waals surface area contributed by atoms with Crippen LogP contribution in [0.1, 0.15) is 0 Å². The molecule has 0 aromatic carbocycles. The summed E-state index contributed by atoms with van der Waals surface area (Å²) in [6.07, 6.45) is 0. The third-order valence-corrected chi connectivity index (χ3v) is 0. The van der Waals surface area contributed by atoms with Gasteiger partial charge in [0.2, 0.25) is 0 Å². The van der Waals surface area contributed by atoms with Crippen molar-refractivity contribution in [1.82, 2.24) is 0 Å². The van der Waals surface area contributed by atoms with Crippen molar-refractivity contribution in [1.29, 1.82) is 0 Å². The molecule has 2 radical (unpaired) electrons. The molecule has 0 atom stereocenters. The zero-order valence-corrected chi connectivity index (χ0v) is 8.04. The molecule has 0 fully saturated rings. The van der Waals surface area contributed by atoms with Crippen LogP contribution in [0.15, 0.2) is 0 Å². The summed E-state index contributed by atoms with van der Waals surface area (Å²) in [6.45, 7) is 0. The van der Waals surface area contributed by atoms with Crippen LogP contribution in [0.25, 0.3) is 0 Å². The van der Waals surface area contributed by atoms with E-state index in [1.165, 1.54) is 0 Å². The average Bonchev–Trinajstić information content (AvgIpc) is 0. The second-order valence-corrected chi connectivity index (χ2v) is 0. The number of rotatable bonds is 0. The van der Waals surface area contributed by atoms with Crippen LogP contribution in [0, 0.1) is 0 Å². The molecule has 0 aliphatic rings. The molecule has 0 spiro atoms. The van der Waals surface area contributed by atoms with Gasteiger partial charge in [0.25, 0.3) is 0 Å². The SMILES string of the molecule is O.[Ag+].[Ag+].[Ag].[Ag].[O-2]. The molecule has 0 saturated heterocycles. The van der Waals surface area contributed by atoms with E-state index in [-0.39, 0.29) is 100 Å². The van der Waals surface area contributed by atoms with Crippen LogP contribution in [0.3, 0.4) is 0 Å². The van der Waals surface area contributed by atoms with Crippen molar-refractivity contribution in [2.45, 2.75) is 0 Å². The van der Waals surface area contributed by atoms with Crippen molar-refractivity contribution < 1.29 is 100 Å². The minimum absolute atomic E-state index is 0. The van der Waals surface area contributed by atoms with Gasteiger partial charge in [0.05, 0.1) is 0 Å². The maximum Gasteiger partial charge on any atom is 1.00 e. The van der Waals surface area contributed by atoms with Gasteiger partial charge < -0.3 is 11.0 Å². The van der Waals surface area contributed by atoms with Gasteiger partial charge in [-0.15, -0.1) is 0 Å². The zero-order chi connectivity index (χ0) is 0. The Labute approximate surface area is 98.9 Å². The van der Waals surface area contributed by atoms with Crippen LogP contribution in [0.4, 0.5) is 0 Å². The molecule has 0 aromatic heterocycles. The molecule has 0 heterocycles. The fraction of sp³-hybridized carbons (Fsp3) is 0. The average molecular weight is 465 g/mol. The van der Waals surface area contributed by atoms with Gasteiger partial charge in [0, 0.05) is 44.8 Å². The van der Waals surface area contributed by atoms with Gasteiger partial charge in [0.15, 0.2) is 0 Å². The Morgan fingerprint density at radius 1 is 0.667 bits per heavy atom. The summed E-state index contributed by atoms with van der Waals surface area (Å²) in [7, 11) is 0. The van der Waals surface area contributed by atoms with Gasteiger partial charge in [-0.3, -0.25) is 0 Å². The van der Waals surface area contributed by atoms with Crippen molar-refractivity contribution in [2.75, 3.05) is 0 Å². The Balaban J connectivity index is 0. The predicted octanol–water partition coefficient (Wildman–Crippen LogP) is -0.954. The van der Waals surface area contributed by atoms with E-state index in [1.54, 1.807) is 0 Å². The monoisotopic (exact) mass is 462 g/mol. The molecule has 0 rings (SSSR count). The molecule has 2 nitrogen and oxygen atoms in total. The van der Waals surface area contributed by atoms with E-state index < -0.39 is 0 Å². The first-order valence-electron chi connectivity index (χ1n) is 0. The van der Waals surface area contributed by atoms with Crippen LogP contribution >= 0.6 is 0 Å². The van der Waals surface area contributed by atoms with Crippen molar-refractivity contribution in [3.63, 3.8) is 0 Å². The minimum Gasteiger partial charge on any atom is -2.00 e. The molecule has 0 aromatic rings. The molecule has 0 bridgehead atoms. The summed E-state index contributed by atoms with van der Waals surface area (Å²) < 4.78 is 0. The fourth-order valence-electron chi connectivity index (χ4n) is 0. The second kappa shape index (κ2) is 45.0. The molecule has 0 unspecified atom stereocenters. The van der Waals surface area contributed by atoms with Crippen molar-refractivity contribution in [3.8, 4) is 0 Å². The molecule has 6 heteroatoms. The van der Waals surface area contributed by atoms with Crippen molar-refractivity contribution in [2.24, 2.45) is 0 Å². The predicted molar refractivity (Wildman–Crippen MR) is 4.30 cm³/mol. The van der Waals surface area contributed by atoms with Crippen molar-refractivity contribution >= 4 is 0 Å². The van der Waals surface area contributed by atoms with Crippen LogP contribution in [0.5, 0.6) is 0 Å². The number of hydrogen-bond acceptors (Lipinski definition) is 0. The van der Waals surface area contributed by atoms with Crippen molar-refractivity contribution in [3.05, 3.63) is 0 Å². The van der Waals surface area contributed by atoms with E-state index >= 15 is 0 Å². The fourth-order valence-corrected chi connectivity index (χ4v) is 0. The maximum absolute atomic E-state index is 0. The Morgan fingerprint density at radius 2 is 0.667 bits per heavy atom. The summed E-state index contributed by atoms with van der Waals surface area (Å²) in [5, 5.41) is 0. The van der Waals surface area contributed by atoms with Crippen LogP contribution in [-0.2, 0) is 95.0 Å². The van der Waals surface area contributed by atoms with E-state index in [1.807, 2.05) is 0 Å². The Morgan fingerprint density at radius 3 is 0.667 bits per heavy atom. The maximum atomic E-state index is 0. The van der Waals surface area contributed by atoms with E-state index in [9.17, 15) is 0 Å². The van der Waals surface area contributed by atoms with Gasteiger partial charge in [0.1, 0.15) is 0 Å². The minimum atomic E-state index is 0.